The number of methoxy groups -OCH3 is 1. The molecule has 3 heteroatoms. The molecular weight excluding hydrogens is 280 g/mol. The molecule has 0 bridgehead atoms. The molecule has 0 fully saturated rings. The molecule has 0 aliphatic carbocycles. The van der Waals surface area contributed by atoms with Crippen LogP contribution in [0.1, 0.15) is 49.5 Å². The third kappa shape index (κ3) is 3.23. The van der Waals surface area contributed by atoms with Crippen molar-refractivity contribution < 1.29 is 9.84 Å². The van der Waals surface area contributed by atoms with Gasteiger partial charge in [-0.2, -0.15) is 0 Å². The maximum Gasteiger partial charge on any atom is 0.122 e. The number of halogens is 1. The van der Waals surface area contributed by atoms with Crippen molar-refractivity contribution in [3.8, 4) is 5.75 Å². The van der Waals surface area contributed by atoms with E-state index in [1.165, 1.54) is 0 Å². The third-order valence-corrected chi connectivity index (χ3v) is 3.49. The van der Waals surface area contributed by atoms with Crippen LogP contribution in [0, 0.1) is 6.92 Å². The molecule has 0 radical (unpaired) electrons. The normalized spacial score (nSPS) is 14.8. The average molecular weight is 301 g/mol. The highest BCUT2D eigenvalue weighted by molar-refractivity contribution is 9.09. The highest BCUT2D eigenvalue weighted by atomic mass is 79.9. The third-order valence-electron chi connectivity index (χ3n) is 2.99. The van der Waals surface area contributed by atoms with Crippen LogP contribution < -0.4 is 4.74 Å². The number of ether oxygens (including phenoxy) is 1. The maximum absolute atomic E-state index is 10.2. The molecule has 1 rings (SSSR count). The fourth-order valence-electron chi connectivity index (χ4n) is 1.91. The first kappa shape index (κ1) is 14.5. The highest BCUT2D eigenvalue weighted by Gasteiger charge is 2.19. The van der Waals surface area contributed by atoms with Gasteiger partial charge in [0.1, 0.15) is 5.75 Å². The summed E-state index contributed by atoms with van der Waals surface area (Å²) in [5.41, 5.74) is 3.17. The maximum atomic E-state index is 10.2. The van der Waals surface area contributed by atoms with Gasteiger partial charge in [-0.05, 0) is 48.6 Å². The van der Waals surface area contributed by atoms with E-state index in [0.29, 0.717) is 5.92 Å². The second-order valence-electron chi connectivity index (χ2n) is 4.73. The number of benzene rings is 1. The zero-order valence-corrected chi connectivity index (χ0v) is 12.7. The minimum atomic E-state index is -0.488. The zero-order chi connectivity index (χ0) is 13.2. The van der Waals surface area contributed by atoms with Gasteiger partial charge in [0.05, 0.1) is 13.2 Å². The Morgan fingerprint density at radius 3 is 2.18 bits per heavy atom. The van der Waals surface area contributed by atoms with Crippen molar-refractivity contribution in [3.63, 3.8) is 0 Å². The Balaban J connectivity index is 3.29. The van der Waals surface area contributed by atoms with E-state index >= 15 is 0 Å². The molecule has 0 saturated carbocycles. The fourth-order valence-corrected chi connectivity index (χ4v) is 2.19. The molecule has 0 amide bonds. The summed E-state index contributed by atoms with van der Waals surface area (Å²) in [6.45, 7) is 8.20. The fraction of sp³-hybridized carbons (Fsp3) is 0.571. The van der Waals surface area contributed by atoms with Crippen LogP contribution in [-0.2, 0) is 0 Å². The van der Waals surface area contributed by atoms with Crippen molar-refractivity contribution in [2.45, 2.75) is 44.5 Å². The molecule has 0 heterocycles. The lowest BCUT2D eigenvalue weighted by molar-refractivity contribution is 0.180. The van der Waals surface area contributed by atoms with E-state index in [1.54, 1.807) is 7.11 Å². The Morgan fingerprint density at radius 1 is 1.18 bits per heavy atom. The van der Waals surface area contributed by atoms with Crippen LogP contribution in [0.4, 0.5) is 0 Å². The van der Waals surface area contributed by atoms with Crippen LogP contribution in [0.3, 0.4) is 0 Å². The quantitative estimate of drug-likeness (QED) is 0.853. The lowest BCUT2D eigenvalue weighted by Gasteiger charge is -2.20. The summed E-state index contributed by atoms with van der Waals surface area (Å²) < 4.78 is 5.39. The molecule has 1 aromatic rings. The second-order valence-corrected chi connectivity index (χ2v) is 6.17. The van der Waals surface area contributed by atoms with Gasteiger partial charge in [-0.3, -0.25) is 0 Å². The van der Waals surface area contributed by atoms with Gasteiger partial charge in [-0.15, -0.1) is 0 Å². The molecular formula is C14H21BrO2. The topological polar surface area (TPSA) is 29.5 Å². The number of aryl methyl sites for hydroxylation is 1. The van der Waals surface area contributed by atoms with Crippen LogP contribution >= 0.6 is 15.9 Å². The molecule has 0 spiro atoms. The summed E-state index contributed by atoms with van der Waals surface area (Å²) in [6.07, 6.45) is -0.488. The van der Waals surface area contributed by atoms with Crippen LogP contribution in [0.25, 0.3) is 0 Å². The Bertz CT molecular complexity index is 386. The van der Waals surface area contributed by atoms with Gasteiger partial charge >= 0.3 is 0 Å². The molecule has 2 unspecified atom stereocenters. The monoisotopic (exact) mass is 300 g/mol. The molecule has 2 nitrogen and oxygen atoms in total. The zero-order valence-electron chi connectivity index (χ0n) is 11.1. The molecule has 0 saturated heterocycles. The molecule has 2 atom stereocenters. The van der Waals surface area contributed by atoms with Crippen LogP contribution in [0.5, 0.6) is 5.75 Å². The van der Waals surface area contributed by atoms with Crippen molar-refractivity contribution in [2.75, 3.05) is 7.11 Å². The van der Waals surface area contributed by atoms with Gasteiger partial charge in [0.15, 0.2) is 0 Å². The van der Waals surface area contributed by atoms with Gasteiger partial charge in [0, 0.05) is 4.83 Å². The van der Waals surface area contributed by atoms with E-state index in [2.05, 4.69) is 35.8 Å². The summed E-state index contributed by atoms with van der Waals surface area (Å²) in [5.74, 6) is 1.28. The standard InChI is InChI=1S/C14H21BrO2/c1-8(2)11-7-12(14(16)10(4)15)9(3)6-13(11)17-5/h6-8,10,14,16H,1-5H3. The molecule has 0 aliphatic rings. The number of hydrogen-bond acceptors (Lipinski definition) is 2. The molecule has 1 N–H and O–H groups in total. The summed E-state index contributed by atoms with van der Waals surface area (Å²) in [5, 5.41) is 10.2. The Morgan fingerprint density at radius 2 is 1.76 bits per heavy atom. The predicted molar refractivity (Wildman–Crippen MR) is 75.2 cm³/mol. The molecule has 96 valence electrons. The van der Waals surface area contributed by atoms with Gasteiger partial charge < -0.3 is 9.84 Å². The van der Waals surface area contributed by atoms with E-state index in [0.717, 1.165) is 22.4 Å². The lowest BCUT2D eigenvalue weighted by atomic mass is 9.93. The summed E-state index contributed by atoms with van der Waals surface area (Å²) >= 11 is 3.43. The van der Waals surface area contributed by atoms with Gasteiger partial charge in [0.25, 0.3) is 0 Å². The number of aliphatic hydroxyl groups excluding tert-OH is 1. The first-order chi connectivity index (χ1) is 7.88. The Hall–Kier alpha value is -0.540. The summed E-state index contributed by atoms with van der Waals surface area (Å²) in [6, 6.07) is 4.06. The minimum absolute atomic E-state index is 0.0367. The Kier molecular flexibility index (Phi) is 5.02. The van der Waals surface area contributed by atoms with Crippen molar-refractivity contribution in [1.29, 1.82) is 0 Å². The number of hydrogen-bond donors (Lipinski definition) is 1. The van der Waals surface area contributed by atoms with Gasteiger partial charge in [-0.25, -0.2) is 0 Å². The summed E-state index contributed by atoms with van der Waals surface area (Å²) in [7, 11) is 1.68. The smallest absolute Gasteiger partial charge is 0.122 e. The van der Waals surface area contributed by atoms with E-state index in [1.807, 2.05) is 19.9 Å². The SMILES string of the molecule is COc1cc(C)c(C(O)C(C)Br)cc1C(C)C. The van der Waals surface area contributed by atoms with Crippen molar-refractivity contribution in [2.24, 2.45) is 0 Å². The highest BCUT2D eigenvalue weighted by Crippen LogP contribution is 2.34. The minimum Gasteiger partial charge on any atom is -0.496 e. The number of rotatable bonds is 4. The van der Waals surface area contributed by atoms with E-state index in [4.69, 9.17) is 4.74 Å². The van der Waals surface area contributed by atoms with Crippen molar-refractivity contribution in [3.05, 3.63) is 28.8 Å². The van der Waals surface area contributed by atoms with Crippen LogP contribution in [-0.4, -0.2) is 17.0 Å². The first-order valence-electron chi connectivity index (χ1n) is 5.89. The largest absolute Gasteiger partial charge is 0.496 e. The van der Waals surface area contributed by atoms with E-state index in [-0.39, 0.29) is 4.83 Å². The first-order valence-corrected chi connectivity index (χ1v) is 6.80. The van der Waals surface area contributed by atoms with Crippen LogP contribution in [0.2, 0.25) is 0 Å². The molecule has 0 aliphatic heterocycles. The number of alkyl halides is 1. The molecule has 17 heavy (non-hydrogen) atoms. The second kappa shape index (κ2) is 5.87. The van der Waals surface area contributed by atoms with E-state index < -0.39 is 6.10 Å². The lowest BCUT2D eigenvalue weighted by Crippen LogP contribution is -2.11. The predicted octanol–water partition coefficient (Wildman–Crippen LogP) is 3.94. The van der Waals surface area contributed by atoms with E-state index in [9.17, 15) is 5.11 Å². The average Bonchev–Trinajstić information content (AvgIpc) is 2.27. The molecule has 0 aromatic heterocycles. The van der Waals surface area contributed by atoms with Gasteiger partial charge in [-0.1, -0.05) is 29.8 Å². The Labute approximate surface area is 112 Å². The number of aliphatic hydroxyl groups is 1. The van der Waals surface area contributed by atoms with Crippen LogP contribution in [0.15, 0.2) is 12.1 Å². The van der Waals surface area contributed by atoms with Gasteiger partial charge in [0.2, 0.25) is 0 Å². The molecule has 1 aromatic carbocycles. The van der Waals surface area contributed by atoms with Crippen molar-refractivity contribution >= 4 is 15.9 Å². The summed E-state index contributed by atoms with van der Waals surface area (Å²) in [4.78, 5) is 0.0367. The van der Waals surface area contributed by atoms with Crippen molar-refractivity contribution in [1.82, 2.24) is 0 Å².